The third kappa shape index (κ3) is 5.87. The molecule has 0 atom stereocenters. The molecule has 3 rings (SSSR count). The van der Waals surface area contributed by atoms with Gasteiger partial charge in [-0.25, -0.2) is 0 Å². The van der Waals surface area contributed by atoms with Gasteiger partial charge in [0.25, 0.3) is 0 Å². The zero-order chi connectivity index (χ0) is 17.1. The quantitative estimate of drug-likeness (QED) is 0.910. The Labute approximate surface area is 141 Å². The van der Waals surface area contributed by atoms with Crippen molar-refractivity contribution in [1.82, 2.24) is 10.2 Å². The number of hydrogen-bond acceptors (Lipinski definition) is 3. The van der Waals surface area contributed by atoms with Crippen molar-refractivity contribution in [3.05, 3.63) is 30.3 Å². The number of para-hydroxylation sites is 1. The van der Waals surface area contributed by atoms with Gasteiger partial charge in [-0.1, -0.05) is 52.3 Å². The number of rotatable bonds is 2. The van der Waals surface area contributed by atoms with Gasteiger partial charge in [0.05, 0.1) is 5.92 Å². The average Bonchev–Trinajstić information content (AvgIpc) is 2.57. The number of anilines is 1. The van der Waals surface area contributed by atoms with Crippen LogP contribution in [0.4, 0.5) is 5.69 Å². The van der Waals surface area contributed by atoms with Crippen molar-refractivity contribution >= 4 is 11.6 Å². The molecule has 2 aliphatic heterocycles. The van der Waals surface area contributed by atoms with Crippen LogP contribution in [-0.2, 0) is 4.79 Å². The molecule has 0 bridgehead atoms. The SMILES string of the molecule is CC.CCC.O=C(C1CNC1)N1CCN(c2ccccc2)CC1. The van der Waals surface area contributed by atoms with Gasteiger partial charge in [0.2, 0.25) is 5.91 Å². The van der Waals surface area contributed by atoms with E-state index in [1.54, 1.807) is 0 Å². The van der Waals surface area contributed by atoms with Crippen LogP contribution in [0.3, 0.4) is 0 Å². The van der Waals surface area contributed by atoms with E-state index in [2.05, 4.69) is 48.3 Å². The molecule has 1 N–H and O–H groups in total. The van der Waals surface area contributed by atoms with Crippen LogP contribution in [0.1, 0.15) is 34.1 Å². The Morgan fingerprint density at radius 2 is 1.57 bits per heavy atom. The maximum Gasteiger partial charge on any atom is 0.228 e. The van der Waals surface area contributed by atoms with Gasteiger partial charge in [0.1, 0.15) is 0 Å². The molecule has 0 radical (unpaired) electrons. The van der Waals surface area contributed by atoms with Crippen LogP contribution in [0.5, 0.6) is 0 Å². The molecule has 2 fully saturated rings. The van der Waals surface area contributed by atoms with Crippen LogP contribution in [0, 0.1) is 5.92 Å². The molecule has 1 amide bonds. The monoisotopic (exact) mass is 319 g/mol. The van der Waals surface area contributed by atoms with Crippen molar-refractivity contribution in [2.75, 3.05) is 44.2 Å². The predicted molar refractivity (Wildman–Crippen MR) is 98.9 cm³/mol. The van der Waals surface area contributed by atoms with Crippen LogP contribution in [-0.4, -0.2) is 50.1 Å². The van der Waals surface area contributed by atoms with Crippen LogP contribution >= 0.6 is 0 Å². The highest BCUT2D eigenvalue weighted by Gasteiger charge is 2.30. The Hall–Kier alpha value is -1.55. The Morgan fingerprint density at radius 1 is 1.04 bits per heavy atom. The van der Waals surface area contributed by atoms with E-state index in [0.29, 0.717) is 5.91 Å². The number of piperazine rings is 1. The number of nitrogens with one attached hydrogen (secondary N) is 1. The lowest BCUT2D eigenvalue weighted by Gasteiger charge is -2.39. The molecule has 2 heterocycles. The van der Waals surface area contributed by atoms with Crippen LogP contribution < -0.4 is 10.2 Å². The molecule has 2 saturated heterocycles. The molecule has 23 heavy (non-hydrogen) atoms. The van der Waals surface area contributed by atoms with E-state index in [0.717, 1.165) is 39.3 Å². The second-order valence-corrected chi connectivity index (χ2v) is 5.71. The van der Waals surface area contributed by atoms with Gasteiger partial charge in [-0.2, -0.15) is 0 Å². The minimum Gasteiger partial charge on any atom is -0.368 e. The van der Waals surface area contributed by atoms with E-state index in [1.807, 2.05) is 24.8 Å². The minimum absolute atomic E-state index is 0.230. The fraction of sp³-hybridized carbons (Fsp3) is 0.632. The Kier molecular flexibility index (Phi) is 9.37. The molecule has 4 heteroatoms. The van der Waals surface area contributed by atoms with Crippen molar-refractivity contribution < 1.29 is 4.79 Å². The number of carbonyl (C=O) groups excluding carboxylic acids is 1. The molecule has 4 nitrogen and oxygen atoms in total. The van der Waals surface area contributed by atoms with E-state index >= 15 is 0 Å². The average molecular weight is 319 g/mol. The summed E-state index contributed by atoms with van der Waals surface area (Å²) in [5.41, 5.74) is 1.26. The summed E-state index contributed by atoms with van der Waals surface area (Å²) in [4.78, 5) is 16.5. The van der Waals surface area contributed by atoms with Crippen LogP contribution in [0.2, 0.25) is 0 Å². The number of nitrogens with zero attached hydrogens (tertiary/aromatic N) is 2. The van der Waals surface area contributed by atoms with E-state index in [4.69, 9.17) is 0 Å². The van der Waals surface area contributed by atoms with Gasteiger partial charge >= 0.3 is 0 Å². The van der Waals surface area contributed by atoms with Gasteiger partial charge in [0, 0.05) is 45.0 Å². The van der Waals surface area contributed by atoms with E-state index in [1.165, 1.54) is 12.1 Å². The first-order valence-electron chi connectivity index (χ1n) is 9.05. The lowest BCUT2D eigenvalue weighted by Crippen LogP contribution is -2.56. The van der Waals surface area contributed by atoms with Gasteiger partial charge < -0.3 is 15.1 Å². The summed E-state index contributed by atoms with van der Waals surface area (Å²) in [5, 5.41) is 3.16. The number of benzene rings is 1. The third-order valence-electron chi connectivity index (χ3n) is 3.84. The van der Waals surface area contributed by atoms with Gasteiger partial charge in [-0.05, 0) is 12.1 Å². The second-order valence-electron chi connectivity index (χ2n) is 5.71. The lowest BCUT2D eigenvalue weighted by atomic mass is 10.0. The molecule has 2 aliphatic rings. The van der Waals surface area contributed by atoms with Gasteiger partial charge in [-0.15, -0.1) is 0 Å². The Morgan fingerprint density at radius 3 is 2.00 bits per heavy atom. The molecule has 1 aromatic rings. The molecule has 0 unspecified atom stereocenters. The summed E-state index contributed by atoms with van der Waals surface area (Å²) in [7, 11) is 0. The molecule has 0 aromatic heterocycles. The summed E-state index contributed by atoms with van der Waals surface area (Å²) in [5.74, 6) is 0.565. The first kappa shape index (κ1) is 19.5. The van der Waals surface area contributed by atoms with Gasteiger partial charge in [0.15, 0.2) is 0 Å². The van der Waals surface area contributed by atoms with Crippen LogP contribution in [0.25, 0.3) is 0 Å². The zero-order valence-corrected chi connectivity index (χ0v) is 15.2. The Balaban J connectivity index is 0.000000477. The highest BCUT2D eigenvalue weighted by molar-refractivity contribution is 5.80. The second kappa shape index (κ2) is 11.1. The van der Waals surface area contributed by atoms with Crippen molar-refractivity contribution in [3.63, 3.8) is 0 Å². The molecule has 1 aromatic carbocycles. The summed E-state index contributed by atoms with van der Waals surface area (Å²) in [6.07, 6.45) is 1.25. The first-order valence-corrected chi connectivity index (χ1v) is 9.05. The lowest BCUT2D eigenvalue weighted by molar-refractivity contribution is -0.137. The normalized spacial score (nSPS) is 17.2. The molecular formula is C19H33N3O. The maximum atomic E-state index is 12.1. The van der Waals surface area contributed by atoms with Crippen molar-refractivity contribution in [2.45, 2.75) is 34.1 Å². The summed E-state index contributed by atoms with van der Waals surface area (Å²) >= 11 is 0. The molecule has 0 saturated carbocycles. The maximum absolute atomic E-state index is 12.1. The van der Waals surface area contributed by atoms with Crippen LogP contribution in [0.15, 0.2) is 30.3 Å². The molecule has 130 valence electrons. The summed E-state index contributed by atoms with van der Waals surface area (Å²) in [6.45, 7) is 13.6. The molecule has 0 spiro atoms. The topological polar surface area (TPSA) is 35.6 Å². The van der Waals surface area contributed by atoms with Gasteiger partial charge in [-0.3, -0.25) is 4.79 Å². The minimum atomic E-state index is 0.230. The number of amides is 1. The fourth-order valence-corrected chi connectivity index (χ4v) is 2.55. The first-order chi connectivity index (χ1) is 11.3. The predicted octanol–water partition coefficient (Wildman–Crippen LogP) is 3.00. The van der Waals surface area contributed by atoms with E-state index in [-0.39, 0.29) is 5.92 Å². The van der Waals surface area contributed by atoms with Crippen molar-refractivity contribution in [3.8, 4) is 0 Å². The van der Waals surface area contributed by atoms with E-state index < -0.39 is 0 Å². The number of hydrogen-bond donors (Lipinski definition) is 1. The highest BCUT2D eigenvalue weighted by Crippen LogP contribution is 2.17. The fourth-order valence-electron chi connectivity index (χ4n) is 2.55. The standard InChI is InChI=1S/C14H19N3O.C3H8.C2H6/c18-14(12-10-15-11-12)17-8-6-16(7-9-17)13-4-2-1-3-5-13;1-3-2;1-2/h1-5,12,15H,6-11H2;3H2,1-2H3;1-2H3. The summed E-state index contributed by atoms with van der Waals surface area (Å²) < 4.78 is 0. The smallest absolute Gasteiger partial charge is 0.228 e. The third-order valence-corrected chi connectivity index (χ3v) is 3.84. The highest BCUT2D eigenvalue weighted by atomic mass is 16.2. The van der Waals surface area contributed by atoms with E-state index in [9.17, 15) is 4.79 Å². The Bertz CT molecular complexity index is 424. The summed E-state index contributed by atoms with van der Waals surface area (Å²) in [6, 6.07) is 10.4. The zero-order valence-electron chi connectivity index (χ0n) is 15.2. The molecule has 0 aliphatic carbocycles. The molecular weight excluding hydrogens is 286 g/mol. The number of carbonyl (C=O) groups is 1. The van der Waals surface area contributed by atoms with Crippen molar-refractivity contribution in [1.29, 1.82) is 0 Å². The largest absolute Gasteiger partial charge is 0.368 e. The van der Waals surface area contributed by atoms with Crippen molar-refractivity contribution in [2.24, 2.45) is 5.92 Å².